The summed E-state index contributed by atoms with van der Waals surface area (Å²) in [4.78, 5) is 16.1. The van der Waals surface area contributed by atoms with Crippen LogP contribution in [-0.4, -0.2) is 16.9 Å². The van der Waals surface area contributed by atoms with Crippen molar-refractivity contribution in [3.8, 4) is 0 Å². The molecule has 1 atom stereocenters. The van der Waals surface area contributed by atoms with Crippen LogP contribution >= 0.6 is 0 Å². The fourth-order valence-electron chi connectivity index (χ4n) is 1.77. The normalized spacial score (nSPS) is 11.8. The molecule has 1 heterocycles. The first kappa shape index (κ1) is 15.0. The van der Waals surface area contributed by atoms with Crippen LogP contribution in [0.15, 0.2) is 42.6 Å². The Morgan fingerprint density at radius 2 is 2.05 bits per heavy atom. The van der Waals surface area contributed by atoms with E-state index in [0.717, 1.165) is 12.1 Å². The fraction of sp³-hybridized carbons (Fsp3) is 0.250. The van der Waals surface area contributed by atoms with Crippen LogP contribution in [0.25, 0.3) is 0 Å². The predicted octanol–water partition coefficient (Wildman–Crippen LogP) is 3.68. The molecule has 4 nitrogen and oxygen atoms in total. The predicted molar refractivity (Wildman–Crippen MR) is 82.0 cm³/mol. The highest BCUT2D eigenvalue weighted by atomic mass is 19.1. The summed E-state index contributed by atoms with van der Waals surface area (Å²) in [6.07, 6.45) is 2.65. The Bertz CT molecular complexity index is 613. The van der Waals surface area contributed by atoms with Crippen molar-refractivity contribution in [3.63, 3.8) is 0 Å². The van der Waals surface area contributed by atoms with Crippen LogP contribution in [0.5, 0.6) is 0 Å². The Balaban J connectivity index is 2.03. The van der Waals surface area contributed by atoms with E-state index in [1.165, 1.54) is 12.1 Å². The van der Waals surface area contributed by atoms with Gasteiger partial charge in [-0.05, 0) is 37.6 Å². The highest BCUT2D eigenvalue weighted by Crippen LogP contribution is 2.13. The van der Waals surface area contributed by atoms with E-state index in [1.54, 1.807) is 24.4 Å². The van der Waals surface area contributed by atoms with Gasteiger partial charge in [-0.2, -0.15) is 0 Å². The number of hydrogen-bond donors (Lipinski definition) is 2. The van der Waals surface area contributed by atoms with Gasteiger partial charge in [0.1, 0.15) is 11.6 Å². The van der Waals surface area contributed by atoms with Crippen LogP contribution in [0.1, 0.15) is 30.6 Å². The maximum Gasteiger partial charge on any atom is 0.259 e. The number of halogens is 1. The third-order valence-corrected chi connectivity index (χ3v) is 3.15. The smallest absolute Gasteiger partial charge is 0.259 e. The van der Waals surface area contributed by atoms with E-state index in [9.17, 15) is 9.18 Å². The minimum Gasteiger partial charge on any atom is -0.381 e. The zero-order valence-electron chi connectivity index (χ0n) is 12.1. The van der Waals surface area contributed by atoms with Gasteiger partial charge >= 0.3 is 0 Å². The minimum atomic E-state index is -0.551. The van der Waals surface area contributed by atoms with Crippen LogP contribution in [0.2, 0.25) is 0 Å². The Kier molecular flexibility index (Phi) is 4.87. The SMILES string of the molecule is CCC(C)Nc1ccc(NC(=O)c2ccccc2F)nc1. The number of amides is 1. The molecule has 2 rings (SSSR count). The summed E-state index contributed by atoms with van der Waals surface area (Å²) < 4.78 is 13.5. The van der Waals surface area contributed by atoms with E-state index in [0.29, 0.717) is 11.9 Å². The number of carbonyl (C=O) groups excluding carboxylic acids is 1. The largest absolute Gasteiger partial charge is 0.381 e. The number of hydrogen-bond acceptors (Lipinski definition) is 3. The van der Waals surface area contributed by atoms with Gasteiger partial charge in [-0.25, -0.2) is 9.37 Å². The number of aromatic nitrogens is 1. The number of nitrogens with one attached hydrogen (secondary N) is 2. The van der Waals surface area contributed by atoms with Crippen molar-refractivity contribution < 1.29 is 9.18 Å². The highest BCUT2D eigenvalue weighted by molar-refractivity contribution is 6.03. The fourth-order valence-corrected chi connectivity index (χ4v) is 1.77. The van der Waals surface area contributed by atoms with Crippen LogP contribution in [0.3, 0.4) is 0 Å². The van der Waals surface area contributed by atoms with E-state index in [1.807, 2.05) is 6.07 Å². The van der Waals surface area contributed by atoms with Crippen molar-refractivity contribution in [2.75, 3.05) is 10.6 Å². The molecule has 0 aliphatic carbocycles. The highest BCUT2D eigenvalue weighted by Gasteiger charge is 2.11. The molecule has 1 aromatic carbocycles. The summed E-state index contributed by atoms with van der Waals surface area (Å²) in [5.74, 6) is -0.675. The first-order valence-electron chi connectivity index (χ1n) is 6.88. The molecule has 2 N–H and O–H groups in total. The quantitative estimate of drug-likeness (QED) is 0.882. The average molecular weight is 287 g/mol. The second-order valence-electron chi connectivity index (χ2n) is 4.82. The molecule has 0 spiro atoms. The minimum absolute atomic E-state index is 0.00102. The molecular formula is C16H18FN3O. The summed E-state index contributed by atoms with van der Waals surface area (Å²) >= 11 is 0. The lowest BCUT2D eigenvalue weighted by atomic mass is 10.2. The van der Waals surface area contributed by atoms with E-state index in [-0.39, 0.29) is 5.56 Å². The van der Waals surface area contributed by atoms with Crippen LogP contribution in [0.4, 0.5) is 15.9 Å². The van der Waals surface area contributed by atoms with Gasteiger partial charge in [-0.15, -0.1) is 0 Å². The van der Waals surface area contributed by atoms with E-state index in [4.69, 9.17) is 0 Å². The van der Waals surface area contributed by atoms with Gasteiger partial charge in [0.05, 0.1) is 17.4 Å². The molecule has 1 aromatic heterocycles. The molecule has 0 fully saturated rings. The van der Waals surface area contributed by atoms with Crippen molar-refractivity contribution in [2.24, 2.45) is 0 Å². The summed E-state index contributed by atoms with van der Waals surface area (Å²) in [5.41, 5.74) is 0.884. The summed E-state index contributed by atoms with van der Waals surface area (Å²) in [7, 11) is 0. The van der Waals surface area contributed by atoms with Crippen molar-refractivity contribution in [1.29, 1.82) is 0 Å². The van der Waals surface area contributed by atoms with Crippen LogP contribution < -0.4 is 10.6 Å². The third-order valence-electron chi connectivity index (χ3n) is 3.15. The first-order valence-corrected chi connectivity index (χ1v) is 6.88. The lowest BCUT2D eigenvalue weighted by Crippen LogP contribution is -2.15. The maximum atomic E-state index is 13.5. The molecule has 0 aliphatic heterocycles. The van der Waals surface area contributed by atoms with E-state index >= 15 is 0 Å². The molecular weight excluding hydrogens is 269 g/mol. The summed E-state index contributed by atoms with van der Waals surface area (Å²) in [6, 6.07) is 9.71. The zero-order chi connectivity index (χ0) is 15.2. The average Bonchev–Trinajstić information content (AvgIpc) is 2.49. The summed E-state index contributed by atoms with van der Waals surface area (Å²) in [6.45, 7) is 4.17. The molecule has 1 amide bonds. The first-order chi connectivity index (χ1) is 10.1. The van der Waals surface area contributed by atoms with Gasteiger partial charge in [-0.3, -0.25) is 4.79 Å². The van der Waals surface area contributed by atoms with Gasteiger partial charge in [0, 0.05) is 6.04 Å². The Hall–Kier alpha value is -2.43. The second-order valence-corrected chi connectivity index (χ2v) is 4.82. The van der Waals surface area contributed by atoms with Gasteiger partial charge in [0.15, 0.2) is 0 Å². The standard InChI is InChI=1S/C16H18FN3O/c1-3-11(2)19-12-8-9-15(18-10-12)20-16(21)13-6-4-5-7-14(13)17/h4-11,19H,3H2,1-2H3,(H,18,20,21). The van der Waals surface area contributed by atoms with Crippen molar-refractivity contribution in [3.05, 3.63) is 54.0 Å². The van der Waals surface area contributed by atoms with Crippen molar-refractivity contribution >= 4 is 17.4 Å². The van der Waals surface area contributed by atoms with Crippen LogP contribution in [0, 0.1) is 5.82 Å². The van der Waals surface area contributed by atoms with Gasteiger partial charge in [0.25, 0.3) is 5.91 Å². The number of rotatable bonds is 5. The van der Waals surface area contributed by atoms with E-state index < -0.39 is 11.7 Å². The van der Waals surface area contributed by atoms with Crippen molar-refractivity contribution in [1.82, 2.24) is 4.98 Å². The summed E-state index contributed by atoms with van der Waals surface area (Å²) in [5, 5.41) is 5.85. The molecule has 5 heteroatoms. The third kappa shape index (κ3) is 4.02. The van der Waals surface area contributed by atoms with Gasteiger partial charge in [0.2, 0.25) is 0 Å². The number of carbonyl (C=O) groups is 1. The van der Waals surface area contributed by atoms with E-state index in [2.05, 4.69) is 29.5 Å². The Morgan fingerprint density at radius 1 is 1.29 bits per heavy atom. The second kappa shape index (κ2) is 6.83. The Labute approximate surface area is 123 Å². The molecule has 2 aromatic rings. The molecule has 110 valence electrons. The molecule has 1 unspecified atom stereocenters. The molecule has 0 saturated heterocycles. The lowest BCUT2D eigenvalue weighted by molar-refractivity contribution is 0.102. The number of anilines is 2. The molecule has 0 aliphatic rings. The monoisotopic (exact) mass is 287 g/mol. The molecule has 0 bridgehead atoms. The molecule has 21 heavy (non-hydrogen) atoms. The van der Waals surface area contributed by atoms with Gasteiger partial charge < -0.3 is 10.6 Å². The zero-order valence-corrected chi connectivity index (χ0v) is 12.1. The maximum absolute atomic E-state index is 13.5. The number of nitrogens with zero attached hydrogens (tertiary/aromatic N) is 1. The van der Waals surface area contributed by atoms with Crippen molar-refractivity contribution in [2.45, 2.75) is 26.3 Å². The molecule has 0 saturated carbocycles. The Morgan fingerprint density at radius 3 is 2.67 bits per heavy atom. The van der Waals surface area contributed by atoms with Gasteiger partial charge in [-0.1, -0.05) is 19.1 Å². The van der Waals surface area contributed by atoms with Crippen LogP contribution in [-0.2, 0) is 0 Å². The lowest BCUT2D eigenvalue weighted by Gasteiger charge is -2.13. The number of pyridine rings is 1. The topological polar surface area (TPSA) is 54.0 Å². The molecule has 0 radical (unpaired) electrons. The number of benzene rings is 1.